The third kappa shape index (κ3) is 3.50. The van der Waals surface area contributed by atoms with Gasteiger partial charge in [0.25, 0.3) is 0 Å². The van der Waals surface area contributed by atoms with Crippen LogP contribution in [-0.2, 0) is 4.79 Å². The lowest BCUT2D eigenvalue weighted by molar-refractivity contribution is -0.122. The van der Waals surface area contributed by atoms with E-state index in [1.54, 1.807) is 13.8 Å². The van der Waals surface area contributed by atoms with Gasteiger partial charge in [0.1, 0.15) is 11.6 Å². The highest BCUT2D eigenvalue weighted by atomic mass is 19.1. The van der Waals surface area contributed by atoms with Gasteiger partial charge in [0.15, 0.2) is 0 Å². The second-order valence-corrected chi connectivity index (χ2v) is 4.14. The van der Waals surface area contributed by atoms with Crippen LogP contribution < -0.4 is 10.6 Å². The lowest BCUT2D eigenvalue weighted by Gasteiger charge is -2.20. The Balaban J connectivity index is 2.76. The molecule has 2 atom stereocenters. The Morgan fingerprint density at radius 3 is 2.33 bits per heavy atom. The minimum absolute atomic E-state index is 0.0475. The molecule has 1 aromatic rings. The fraction of sp³-hybridized carbons (Fsp3) is 0.462. The van der Waals surface area contributed by atoms with E-state index in [1.807, 2.05) is 6.92 Å². The number of hydrogen-bond acceptors (Lipinski definition) is 2. The molecule has 100 valence electrons. The SMILES string of the molecule is CCNC(=O)C(C)NC(C)c1c(F)cccc1F. The maximum Gasteiger partial charge on any atom is 0.236 e. The zero-order valence-electron chi connectivity index (χ0n) is 10.8. The van der Waals surface area contributed by atoms with Crippen molar-refractivity contribution in [3.63, 3.8) is 0 Å². The van der Waals surface area contributed by atoms with Gasteiger partial charge >= 0.3 is 0 Å². The molecule has 0 saturated carbocycles. The summed E-state index contributed by atoms with van der Waals surface area (Å²) in [6.07, 6.45) is 0. The first-order chi connectivity index (χ1) is 8.47. The van der Waals surface area contributed by atoms with E-state index >= 15 is 0 Å². The van der Waals surface area contributed by atoms with Crippen molar-refractivity contribution in [3.05, 3.63) is 35.4 Å². The van der Waals surface area contributed by atoms with E-state index in [9.17, 15) is 13.6 Å². The van der Waals surface area contributed by atoms with Gasteiger partial charge in [-0.05, 0) is 32.9 Å². The smallest absolute Gasteiger partial charge is 0.236 e. The Morgan fingerprint density at radius 2 is 1.83 bits per heavy atom. The lowest BCUT2D eigenvalue weighted by atomic mass is 10.1. The molecule has 0 heterocycles. The van der Waals surface area contributed by atoms with E-state index in [0.717, 1.165) is 0 Å². The molecule has 1 rings (SSSR count). The highest BCUT2D eigenvalue weighted by molar-refractivity contribution is 5.81. The molecule has 1 amide bonds. The molecule has 2 unspecified atom stereocenters. The average molecular weight is 256 g/mol. The predicted molar refractivity (Wildman–Crippen MR) is 66.1 cm³/mol. The molecule has 0 aliphatic heterocycles. The monoisotopic (exact) mass is 256 g/mol. The molecule has 0 aliphatic carbocycles. The molecule has 0 aromatic heterocycles. The van der Waals surface area contributed by atoms with Crippen LogP contribution in [0.15, 0.2) is 18.2 Å². The van der Waals surface area contributed by atoms with Crippen LogP contribution in [0.25, 0.3) is 0 Å². The molecule has 5 heteroatoms. The number of hydrogen-bond donors (Lipinski definition) is 2. The fourth-order valence-electron chi connectivity index (χ4n) is 1.79. The summed E-state index contributed by atoms with van der Waals surface area (Å²) in [5.74, 6) is -1.42. The van der Waals surface area contributed by atoms with Crippen molar-refractivity contribution in [2.45, 2.75) is 32.9 Å². The summed E-state index contributed by atoms with van der Waals surface area (Å²) in [4.78, 5) is 11.5. The van der Waals surface area contributed by atoms with Crippen LogP contribution in [0.5, 0.6) is 0 Å². The summed E-state index contributed by atoms with van der Waals surface area (Å²) in [5, 5.41) is 5.51. The summed E-state index contributed by atoms with van der Waals surface area (Å²) in [7, 11) is 0. The van der Waals surface area contributed by atoms with Crippen LogP contribution in [0.1, 0.15) is 32.4 Å². The van der Waals surface area contributed by atoms with Crippen molar-refractivity contribution in [1.29, 1.82) is 0 Å². The molecule has 18 heavy (non-hydrogen) atoms. The maximum atomic E-state index is 13.5. The average Bonchev–Trinajstić information content (AvgIpc) is 2.28. The number of halogens is 2. The Kier molecular flexibility index (Phi) is 5.22. The van der Waals surface area contributed by atoms with Gasteiger partial charge in [-0.25, -0.2) is 8.78 Å². The topological polar surface area (TPSA) is 41.1 Å². The van der Waals surface area contributed by atoms with Gasteiger partial charge in [-0.2, -0.15) is 0 Å². The lowest BCUT2D eigenvalue weighted by Crippen LogP contribution is -2.43. The zero-order chi connectivity index (χ0) is 13.7. The van der Waals surface area contributed by atoms with Gasteiger partial charge in [0, 0.05) is 18.2 Å². The normalized spacial score (nSPS) is 14.1. The minimum atomic E-state index is -0.613. The molecule has 3 nitrogen and oxygen atoms in total. The van der Waals surface area contributed by atoms with E-state index in [0.29, 0.717) is 6.54 Å². The van der Waals surface area contributed by atoms with Crippen molar-refractivity contribution in [2.24, 2.45) is 0 Å². The molecule has 2 N–H and O–H groups in total. The molecule has 0 radical (unpaired) electrons. The molecule has 0 aliphatic rings. The van der Waals surface area contributed by atoms with Gasteiger partial charge in [-0.15, -0.1) is 0 Å². The number of carbonyl (C=O) groups is 1. The standard InChI is InChI=1S/C13H18F2N2O/c1-4-16-13(18)9(3)17-8(2)12-10(14)6-5-7-11(12)15/h5-9,17H,4H2,1-3H3,(H,16,18). The Labute approximate surface area is 106 Å². The van der Waals surface area contributed by atoms with Gasteiger partial charge < -0.3 is 5.32 Å². The molecular weight excluding hydrogens is 238 g/mol. The molecule has 0 fully saturated rings. The van der Waals surface area contributed by atoms with Gasteiger partial charge in [0.05, 0.1) is 6.04 Å². The van der Waals surface area contributed by atoms with Crippen molar-refractivity contribution in [3.8, 4) is 0 Å². The van der Waals surface area contributed by atoms with Crippen molar-refractivity contribution in [2.75, 3.05) is 6.54 Å². The molecule has 0 saturated heterocycles. The first-order valence-corrected chi connectivity index (χ1v) is 5.95. The van der Waals surface area contributed by atoms with Crippen LogP contribution in [0.3, 0.4) is 0 Å². The summed E-state index contributed by atoms with van der Waals surface area (Å²) in [6.45, 7) is 5.61. The van der Waals surface area contributed by atoms with Crippen LogP contribution in [0.2, 0.25) is 0 Å². The van der Waals surface area contributed by atoms with E-state index < -0.39 is 23.7 Å². The van der Waals surface area contributed by atoms with Crippen LogP contribution in [0, 0.1) is 11.6 Å². The number of carbonyl (C=O) groups excluding carboxylic acids is 1. The van der Waals surface area contributed by atoms with Crippen molar-refractivity contribution < 1.29 is 13.6 Å². The Bertz CT molecular complexity index is 403. The quantitative estimate of drug-likeness (QED) is 0.847. The van der Waals surface area contributed by atoms with Crippen LogP contribution in [0.4, 0.5) is 8.78 Å². The van der Waals surface area contributed by atoms with Crippen molar-refractivity contribution in [1.82, 2.24) is 10.6 Å². The van der Waals surface area contributed by atoms with Gasteiger partial charge in [-0.3, -0.25) is 10.1 Å². The first kappa shape index (κ1) is 14.6. The second kappa shape index (κ2) is 6.44. The third-order valence-electron chi connectivity index (χ3n) is 2.68. The van der Waals surface area contributed by atoms with E-state index in [4.69, 9.17) is 0 Å². The molecule has 0 bridgehead atoms. The van der Waals surface area contributed by atoms with Gasteiger partial charge in [-0.1, -0.05) is 6.07 Å². The highest BCUT2D eigenvalue weighted by Crippen LogP contribution is 2.20. The Hall–Kier alpha value is -1.49. The second-order valence-electron chi connectivity index (χ2n) is 4.14. The van der Waals surface area contributed by atoms with Crippen LogP contribution >= 0.6 is 0 Å². The number of nitrogens with one attached hydrogen (secondary N) is 2. The number of amides is 1. The van der Waals surface area contributed by atoms with Crippen molar-refractivity contribution >= 4 is 5.91 Å². The first-order valence-electron chi connectivity index (χ1n) is 5.95. The maximum absolute atomic E-state index is 13.5. The fourth-order valence-corrected chi connectivity index (χ4v) is 1.79. The Morgan fingerprint density at radius 1 is 1.28 bits per heavy atom. The predicted octanol–water partition coefficient (Wildman–Crippen LogP) is 2.14. The number of likely N-dealkylation sites (N-methyl/N-ethyl adjacent to an activating group) is 1. The van der Waals surface area contributed by atoms with E-state index in [-0.39, 0.29) is 11.5 Å². The highest BCUT2D eigenvalue weighted by Gasteiger charge is 2.20. The zero-order valence-corrected chi connectivity index (χ0v) is 10.8. The third-order valence-corrected chi connectivity index (χ3v) is 2.68. The number of benzene rings is 1. The summed E-state index contributed by atoms with van der Waals surface area (Å²) < 4.78 is 27.0. The molecular formula is C13H18F2N2O. The largest absolute Gasteiger partial charge is 0.355 e. The van der Waals surface area contributed by atoms with E-state index in [2.05, 4.69) is 10.6 Å². The summed E-state index contributed by atoms with van der Waals surface area (Å²) in [6, 6.07) is 2.62. The van der Waals surface area contributed by atoms with Crippen LogP contribution in [-0.4, -0.2) is 18.5 Å². The molecule has 0 spiro atoms. The minimum Gasteiger partial charge on any atom is -0.355 e. The number of rotatable bonds is 5. The van der Waals surface area contributed by atoms with E-state index in [1.165, 1.54) is 18.2 Å². The summed E-state index contributed by atoms with van der Waals surface area (Å²) >= 11 is 0. The molecule has 1 aromatic carbocycles. The summed E-state index contributed by atoms with van der Waals surface area (Å²) in [5.41, 5.74) is -0.0475. The van der Waals surface area contributed by atoms with Gasteiger partial charge in [0.2, 0.25) is 5.91 Å².